The molecule has 0 bridgehead atoms. The number of hydrogen-bond donors (Lipinski definition) is 1. The quantitative estimate of drug-likeness (QED) is 0.838. The average molecular weight is 340 g/mol. The number of amides is 2. The van der Waals surface area contributed by atoms with E-state index >= 15 is 0 Å². The van der Waals surface area contributed by atoms with Crippen LogP contribution in [0.2, 0.25) is 0 Å². The lowest BCUT2D eigenvalue weighted by Crippen LogP contribution is -2.32. The van der Waals surface area contributed by atoms with E-state index in [-0.39, 0.29) is 12.5 Å². The van der Waals surface area contributed by atoms with Crippen molar-refractivity contribution >= 4 is 28.9 Å². The van der Waals surface area contributed by atoms with Crippen molar-refractivity contribution in [3.63, 3.8) is 0 Å². The molecule has 2 fully saturated rings. The van der Waals surface area contributed by atoms with Crippen molar-refractivity contribution in [2.24, 2.45) is 5.73 Å². The lowest BCUT2D eigenvalue weighted by molar-refractivity contribution is -0.124. The Kier molecular flexibility index (Phi) is 4.45. The Morgan fingerprint density at radius 2 is 2.09 bits per heavy atom. The summed E-state index contributed by atoms with van der Waals surface area (Å²) in [5, 5.41) is 0. The molecule has 0 aliphatic carbocycles. The van der Waals surface area contributed by atoms with Gasteiger partial charge in [0.2, 0.25) is 0 Å². The number of halogens is 1. The third kappa shape index (κ3) is 3.28. The molecule has 2 N–H and O–H groups in total. The van der Waals surface area contributed by atoms with Crippen molar-refractivity contribution in [1.82, 2.24) is 0 Å². The molecule has 2 aliphatic rings. The normalized spacial score (nSPS) is 27.8. The zero-order valence-corrected chi connectivity index (χ0v) is 13.2. The molecule has 124 valence electrons. The second-order valence-corrected chi connectivity index (χ2v) is 7.41. The van der Waals surface area contributed by atoms with Crippen molar-refractivity contribution in [2.45, 2.75) is 24.9 Å². The molecule has 2 saturated heterocycles. The van der Waals surface area contributed by atoms with E-state index in [0.29, 0.717) is 35.6 Å². The fourth-order valence-electron chi connectivity index (χ4n) is 2.94. The van der Waals surface area contributed by atoms with Crippen LogP contribution in [0, 0.1) is 5.82 Å². The summed E-state index contributed by atoms with van der Waals surface area (Å²) in [6.45, 7) is -0.0185. The minimum absolute atomic E-state index is 0.0185. The number of nitrogens with two attached hydrogens (primary N) is 1. The number of rotatable bonds is 3. The fourth-order valence-corrected chi connectivity index (χ4v) is 4.24. The highest BCUT2D eigenvalue weighted by atomic mass is 32.2. The minimum Gasteiger partial charge on any atom is -0.616 e. The van der Waals surface area contributed by atoms with E-state index < -0.39 is 35.1 Å². The van der Waals surface area contributed by atoms with Crippen molar-refractivity contribution in [2.75, 3.05) is 23.0 Å². The zero-order valence-electron chi connectivity index (χ0n) is 12.4. The van der Waals surface area contributed by atoms with E-state index in [0.717, 1.165) is 0 Å². The molecule has 0 radical (unpaired) electrons. The van der Waals surface area contributed by atoms with Gasteiger partial charge in [0.05, 0.1) is 12.2 Å². The molecule has 2 aliphatic heterocycles. The van der Waals surface area contributed by atoms with Crippen molar-refractivity contribution in [3.8, 4) is 0 Å². The topological polar surface area (TPSA) is 95.7 Å². The van der Waals surface area contributed by atoms with Gasteiger partial charge in [0.15, 0.2) is 6.10 Å². The Labute approximate surface area is 136 Å². The summed E-state index contributed by atoms with van der Waals surface area (Å²) in [5.41, 5.74) is 6.03. The Hall–Kier alpha value is -1.80. The predicted molar refractivity (Wildman–Crippen MR) is 83.1 cm³/mol. The zero-order chi connectivity index (χ0) is 16.6. The first-order chi connectivity index (χ1) is 11.0. The SMILES string of the molecule is NC(=O)[C@H]1CN(c2ccc([C@H]3CC[S@@+]([O-])CC3)c(F)c2)C(=O)O1. The molecule has 1 aromatic carbocycles. The molecule has 8 heteroatoms. The van der Waals surface area contributed by atoms with Crippen molar-refractivity contribution in [3.05, 3.63) is 29.6 Å². The van der Waals surface area contributed by atoms with Crippen LogP contribution >= 0.6 is 0 Å². The largest absolute Gasteiger partial charge is 0.616 e. The Morgan fingerprint density at radius 3 is 2.65 bits per heavy atom. The predicted octanol–water partition coefficient (Wildman–Crippen LogP) is 1.26. The molecule has 1 aromatic rings. The average Bonchev–Trinajstić information content (AvgIpc) is 2.90. The third-order valence-corrected chi connectivity index (χ3v) is 5.63. The van der Waals surface area contributed by atoms with Gasteiger partial charge in [-0.2, -0.15) is 0 Å². The van der Waals surface area contributed by atoms with Crippen LogP contribution in [0.15, 0.2) is 18.2 Å². The number of carbonyl (C=O) groups is 2. The monoisotopic (exact) mass is 340 g/mol. The van der Waals surface area contributed by atoms with E-state index in [9.17, 15) is 18.5 Å². The molecule has 6 nitrogen and oxygen atoms in total. The number of anilines is 1. The Bertz CT molecular complexity index is 634. The summed E-state index contributed by atoms with van der Waals surface area (Å²) >= 11 is -0.797. The van der Waals surface area contributed by atoms with Crippen LogP contribution in [0.5, 0.6) is 0 Å². The Morgan fingerprint density at radius 1 is 1.39 bits per heavy atom. The molecule has 1 atom stereocenters. The molecule has 23 heavy (non-hydrogen) atoms. The number of carbonyl (C=O) groups excluding carboxylic acids is 2. The van der Waals surface area contributed by atoms with Crippen LogP contribution in [-0.2, 0) is 20.7 Å². The maximum Gasteiger partial charge on any atom is 0.415 e. The third-order valence-electron chi connectivity index (χ3n) is 4.25. The van der Waals surface area contributed by atoms with E-state index in [1.165, 1.54) is 11.0 Å². The van der Waals surface area contributed by atoms with Gasteiger partial charge in [-0.1, -0.05) is 17.2 Å². The van der Waals surface area contributed by atoms with Crippen LogP contribution in [0.3, 0.4) is 0 Å². The van der Waals surface area contributed by atoms with Gasteiger partial charge in [-0.25, -0.2) is 9.18 Å². The van der Waals surface area contributed by atoms with Gasteiger partial charge in [-0.15, -0.1) is 0 Å². The number of benzene rings is 1. The van der Waals surface area contributed by atoms with Gasteiger partial charge in [0.25, 0.3) is 5.91 Å². The second-order valence-electron chi connectivity index (χ2n) is 5.71. The first-order valence-electron chi connectivity index (χ1n) is 7.37. The summed E-state index contributed by atoms with van der Waals surface area (Å²) in [6.07, 6.45) is -0.343. The van der Waals surface area contributed by atoms with E-state index in [1.807, 2.05) is 0 Å². The number of ether oxygens (including phenoxy) is 1. The van der Waals surface area contributed by atoms with Crippen molar-refractivity contribution < 1.29 is 23.3 Å². The molecule has 3 rings (SSSR count). The lowest BCUT2D eigenvalue weighted by atomic mass is 9.93. The first kappa shape index (κ1) is 16.1. The van der Waals surface area contributed by atoms with E-state index in [4.69, 9.17) is 10.5 Å². The highest BCUT2D eigenvalue weighted by Gasteiger charge is 2.36. The highest BCUT2D eigenvalue weighted by Crippen LogP contribution is 2.33. The summed E-state index contributed by atoms with van der Waals surface area (Å²) in [7, 11) is 0. The van der Waals surface area contributed by atoms with Gasteiger partial charge in [-0.3, -0.25) is 9.69 Å². The number of cyclic esters (lactones) is 1. The number of primary amides is 1. The van der Waals surface area contributed by atoms with Crippen LogP contribution < -0.4 is 10.6 Å². The van der Waals surface area contributed by atoms with E-state index in [2.05, 4.69) is 0 Å². The summed E-state index contributed by atoms with van der Waals surface area (Å²) in [6, 6.07) is 4.55. The van der Waals surface area contributed by atoms with Gasteiger partial charge >= 0.3 is 6.09 Å². The van der Waals surface area contributed by atoms with Gasteiger partial charge in [-0.05, 0) is 36.5 Å². The van der Waals surface area contributed by atoms with Crippen LogP contribution in [0.1, 0.15) is 24.3 Å². The lowest BCUT2D eigenvalue weighted by Gasteiger charge is -2.25. The molecule has 0 spiro atoms. The number of nitrogens with zero attached hydrogens (tertiary/aromatic N) is 1. The molecule has 0 unspecified atom stereocenters. The fraction of sp³-hybridized carbons (Fsp3) is 0.467. The first-order valence-corrected chi connectivity index (χ1v) is 8.86. The molecule has 0 saturated carbocycles. The summed E-state index contributed by atoms with van der Waals surface area (Å²) in [5.74, 6) is 0.0872. The van der Waals surface area contributed by atoms with Gasteiger partial charge in [0.1, 0.15) is 17.3 Å². The smallest absolute Gasteiger partial charge is 0.415 e. The molecule has 2 amide bonds. The second kappa shape index (κ2) is 6.37. The van der Waals surface area contributed by atoms with Crippen molar-refractivity contribution in [1.29, 1.82) is 0 Å². The van der Waals surface area contributed by atoms with Gasteiger partial charge < -0.3 is 15.0 Å². The molecular weight excluding hydrogens is 323 g/mol. The van der Waals surface area contributed by atoms with Crippen LogP contribution in [0.4, 0.5) is 14.9 Å². The maximum atomic E-state index is 14.4. The highest BCUT2D eigenvalue weighted by molar-refractivity contribution is 7.91. The summed E-state index contributed by atoms with van der Waals surface area (Å²) < 4.78 is 30.7. The minimum atomic E-state index is -1.02. The molecule has 0 aromatic heterocycles. The standard InChI is InChI=1S/C15H17FN2O4S/c16-12-7-10(18-8-13(14(17)19)22-15(18)20)1-2-11(12)9-3-5-23(21)6-4-9/h1-2,7,9,13H,3-6,8H2,(H2,17,19)/t9-,13-,23+/m1/s1. The number of hydrogen-bond acceptors (Lipinski definition) is 4. The van der Waals surface area contributed by atoms with Crippen LogP contribution in [-0.4, -0.2) is 40.7 Å². The van der Waals surface area contributed by atoms with Crippen LogP contribution in [0.25, 0.3) is 0 Å². The Balaban J connectivity index is 1.77. The van der Waals surface area contributed by atoms with Gasteiger partial charge in [0, 0.05) is 0 Å². The molecular formula is C15H17FN2O4S. The summed E-state index contributed by atoms with van der Waals surface area (Å²) in [4.78, 5) is 24.1. The maximum absolute atomic E-state index is 14.4. The molecule has 2 heterocycles. The van der Waals surface area contributed by atoms with E-state index in [1.54, 1.807) is 12.1 Å².